The maximum atomic E-state index is 12.4. The SMILES string of the molecule is Cc1cc2c(O)nn(C3CCCCO3)c2cc1C1CCN(C(=O)OC(C)(C)C)C1. The second kappa shape index (κ2) is 7.52. The van der Waals surface area contributed by atoms with Crippen LogP contribution in [0.4, 0.5) is 4.79 Å². The summed E-state index contributed by atoms with van der Waals surface area (Å²) in [6.07, 6.45) is 3.57. The number of carbonyl (C=O) groups excluding carboxylic acids is 1. The minimum Gasteiger partial charge on any atom is -0.492 e. The highest BCUT2D eigenvalue weighted by Crippen LogP contribution is 2.37. The van der Waals surface area contributed by atoms with Gasteiger partial charge in [0.05, 0.1) is 10.9 Å². The largest absolute Gasteiger partial charge is 0.492 e. The van der Waals surface area contributed by atoms with E-state index in [4.69, 9.17) is 9.47 Å². The van der Waals surface area contributed by atoms with Crippen molar-refractivity contribution < 1.29 is 19.4 Å². The van der Waals surface area contributed by atoms with Gasteiger partial charge in [0.2, 0.25) is 5.88 Å². The van der Waals surface area contributed by atoms with E-state index >= 15 is 0 Å². The number of aromatic hydroxyl groups is 1. The van der Waals surface area contributed by atoms with Crippen molar-refractivity contribution in [2.75, 3.05) is 19.7 Å². The van der Waals surface area contributed by atoms with Crippen molar-refractivity contribution >= 4 is 17.0 Å². The van der Waals surface area contributed by atoms with Gasteiger partial charge in [0.1, 0.15) is 5.60 Å². The summed E-state index contributed by atoms with van der Waals surface area (Å²) in [7, 11) is 0. The fourth-order valence-corrected chi connectivity index (χ4v) is 4.37. The average Bonchev–Trinajstić information content (AvgIpc) is 3.26. The summed E-state index contributed by atoms with van der Waals surface area (Å²) in [5.74, 6) is 0.287. The van der Waals surface area contributed by atoms with Crippen LogP contribution in [0.1, 0.15) is 69.7 Å². The van der Waals surface area contributed by atoms with E-state index in [1.54, 1.807) is 4.90 Å². The molecule has 158 valence electrons. The summed E-state index contributed by atoms with van der Waals surface area (Å²) in [6, 6.07) is 4.13. The van der Waals surface area contributed by atoms with Crippen LogP contribution in [0.25, 0.3) is 10.9 Å². The van der Waals surface area contributed by atoms with Crippen LogP contribution < -0.4 is 0 Å². The number of aryl methyl sites for hydroxylation is 1. The van der Waals surface area contributed by atoms with Crippen LogP contribution in [0.5, 0.6) is 5.88 Å². The third kappa shape index (κ3) is 4.06. The Kier molecular flexibility index (Phi) is 5.19. The number of aromatic nitrogens is 2. The first-order chi connectivity index (χ1) is 13.7. The summed E-state index contributed by atoms with van der Waals surface area (Å²) >= 11 is 0. The molecule has 7 heteroatoms. The molecule has 1 amide bonds. The molecule has 3 heterocycles. The standard InChI is InChI=1S/C22H31N3O4/c1-14-11-17-18(25(23-20(17)26)19-7-5-6-10-28-19)12-16(14)15-8-9-24(13-15)21(27)29-22(2,3)4/h11-12,15,19H,5-10,13H2,1-4H3,(H,23,26). The lowest BCUT2D eigenvalue weighted by Gasteiger charge is -2.25. The number of nitrogens with zero attached hydrogens (tertiary/aromatic N) is 3. The summed E-state index contributed by atoms with van der Waals surface area (Å²) in [5.41, 5.74) is 2.70. The van der Waals surface area contributed by atoms with Crippen LogP contribution in [0.3, 0.4) is 0 Å². The Balaban J connectivity index is 1.61. The Labute approximate surface area is 171 Å². The van der Waals surface area contributed by atoms with Crippen molar-refractivity contribution in [3.63, 3.8) is 0 Å². The van der Waals surface area contributed by atoms with Crippen LogP contribution in [0.2, 0.25) is 0 Å². The van der Waals surface area contributed by atoms with E-state index in [0.29, 0.717) is 13.1 Å². The van der Waals surface area contributed by atoms with E-state index in [1.807, 2.05) is 31.5 Å². The monoisotopic (exact) mass is 401 g/mol. The average molecular weight is 402 g/mol. The third-order valence-corrected chi connectivity index (χ3v) is 5.78. The van der Waals surface area contributed by atoms with E-state index in [9.17, 15) is 9.90 Å². The van der Waals surface area contributed by atoms with Crippen LogP contribution in [0, 0.1) is 6.92 Å². The van der Waals surface area contributed by atoms with Gasteiger partial charge in [0.15, 0.2) is 6.23 Å². The molecule has 2 aromatic rings. The molecule has 1 aromatic heterocycles. The molecule has 1 aromatic carbocycles. The molecule has 0 saturated carbocycles. The maximum absolute atomic E-state index is 12.4. The van der Waals surface area contributed by atoms with Gasteiger partial charge < -0.3 is 19.5 Å². The molecular weight excluding hydrogens is 370 g/mol. The molecule has 0 bridgehead atoms. The van der Waals surface area contributed by atoms with Gasteiger partial charge in [0.25, 0.3) is 0 Å². The molecular formula is C22H31N3O4. The first kappa shape index (κ1) is 20.0. The molecule has 2 aliphatic rings. The number of hydrogen-bond donors (Lipinski definition) is 1. The Bertz CT molecular complexity index is 909. The fraction of sp³-hybridized carbons (Fsp3) is 0.636. The zero-order chi connectivity index (χ0) is 20.8. The number of benzene rings is 1. The summed E-state index contributed by atoms with van der Waals surface area (Å²) in [4.78, 5) is 14.2. The quantitative estimate of drug-likeness (QED) is 0.803. The van der Waals surface area contributed by atoms with Gasteiger partial charge in [-0.2, -0.15) is 0 Å². The molecule has 2 atom stereocenters. The predicted molar refractivity (Wildman–Crippen MR) is 110 cm³/mol. The lowest BCUT2D eigenvalue weighted by atomic mass is 9.93. The maximum Gasteiger partial charge on any atom is 0.410 e. The molecule has 2 fully saturated rings. The Hall–Kier alpha value is -2.28. The van der Waals surface area contributed by atoms with Crippen molar-refractivity contribution in [2.45, 2.75) is 71.1 Å². The minimum absolute atomic E-state index is 0.0469. The molecule has 0 spiro atoms. The first-order valence-corrected chi connectivity index (χ1v) is 10.5. The van der Waals surface area contributed by atoms with Gasteiger partial charge in [-0.05, 0) is 76.6 Å². The van der Waals surface area contributed by atoms with Crippen LogP contribution in [-0.2, 0) is 9.47 Å². The van der Waals surface area contributed by atoms with E-state index in [0.717, 1.165) is 48.8 Å². The Morgan fingerprint density at radius 3 is 2.76 bits per heavy atom. The molecule has 2 aliphatic heterocycles. The smallest absolute Gasteiger partial charge is 0.410 e. The fourth-order valence-electron chi connectivity index (χ4n) is 4.37. The van der Waals surface area contributed by atoms with Crippen molar-refractivity contribution in [3.05, 3.63) is 23.3 Å². The molecule has 2 unspecified atom stereocenters. The number of rotatable bonds is 2. The van der Waals surface area contributed by atoms with E-state index in [2.05, 4.69) is 18.1 Å². The predicted octanol–water partition coefficient (Wildman–Crippen LogP) is 4.47. The minimum atomic E-state index is -0.492. The van der Waals surface area contributed by atoms with Gasteiger partial charge in [-0.1, -0.05) is 0 Å². The Morgan fingerprint density at radius 1 is 1.28 bits per heavy atom. The number of hydrogen-bond acceptors (Lipinski definition) is 5. The van der Waals surface area contributed by atoms with Crippen molar-refractivity contribution in [2.24, 2.45) is 0 Å². The van der Waals surface area contributed by atoms with E-state index < -0.39 is 5.60 Å². The number of fused-ring (bicyclic) bond motifs is 1. The molecule has 4 rings (SSSR count). The lowest BCUT2D eigenvalue weighted by molar-refractivity contribution is -0.0371. The lowest BCUT2D eigenvalue weighted by Crippen LogP contribution is -2.35. The highest BCUT2D eigenvalue weighted by molar-refractivity contribution is 5.86. The number of ether oxygens (including phenoxy) is 2. The third-order valence-electron chi connectivity index (χ3n) is 5.78. The van der Waals surface area contributed by atoms with Gasteiger partial charge in [-0.15, -0.1) is 5.10 Å². The van der Waals surface area contributed by atoms with Crippen molar-refractivity contribution in [1.82, 2.24) is 14.7 Å². The first-order valence-electron chi connectivity index (χ1n) is 10.5. The molecule has 7 nitrogen and oxygen atoms in total. The topological polar surface area (TPSA) is 76.8 Å². The van der Waals surface area contributed by atoms with Gasteiger partial charge >= 0.3 is 6.09 Å². The zero-order valence-corrected chi connectivity index (χ0v) is 17.8. The summed E-state index contributed by atoms with van der Waals surface area (Å²) in [6.45, 7) is 9.76. The number of amides is 1. The highest BCUT2D eigenvalue weighted by Gasteiger charge is 2.32. The summed E-state index contributed by atoms with van der Waals surface area (Å²) in [5, 5.41) is 15.5. The van der Waals surface area contributed by atoms with Gasteiger partial charge in [0, 0.05) is 25.6 Å². The second-order valence-corrected chi connectivity index (χ2v) is 9.23. The Morgan fingerprint density at radius 2 is 2.07 bits per heavy atom. The van der Waals surface area contributed by atoms with Gasteiger partial charge in [-0.25, -0.2) is 9.48 Å². The second-order valence-electron chi connectivity index (χ2n) is 9.23. The van der Waals surface area contributed by atoms with Crippen LogP contribution >= 0.6 is 0 Å². The van der Waals surface area contributed by atoms with Crippen LogP contribution in [0.15, 0.2) is 12.1 Å². The highest BCUT2D eigenvalue weighted by atomic mass is 16.6. The normalized spacial score (nSPS) is 23.0. The van der Waals surface area contributed by atoms with E-state index in [-0.39, 0.29) is 24.1 Å². The molecule has 29 heavy (non-hydrogen) atoms. The number of carbonyl (C=O) groups is 1. The molecule has 0 radical (unpaired) electrons. The number of likely N-dealkylation sites (tertiary alicyclic amines) is 1. The molecule has 2 saturated heterocycles. The molecule has 0 aliphatic carbocycles. The van der Waals surface area contributed by atoms with Crippen molar-refractivity contribution in [1.29, 1.82) is 0 Å². The molecule has 1 N–H and O–H groups in total. The van der Waals surface area contributed by atoms with Crippen LogP contribution in [-0.4, -0.2) is 51.2 Å². The van der Waals surface area contributed by atoms with Crippen molar-refractivity contribution in [3.8, 4) is 5.88 Å². The zero-order valence-electron chi connectivity index (χ0n) is 17.8. The van der Waals surface area contributed by atoms with E-state index in [1.165, 1.54) is 5.56 Å². The van der Waals surface area contributed by atoms with Gasteiger partial charge in [-0.3, -0.25) is 0 Å². The summed E-state index contributed by atoms with van der Waals surface area (Å²) < 4.78 is 13.3.